The molecule has 1 aromatic rings. The summed E-state index contributed by atoms with van der Waals surface area (Å²) in [6.07, 6.45) is 12.3. The molecule has 0 aliphatic rings. The van der Waals surface area contributed by atoms with Gasteiger partial charge in [-0.3, -0.25) is 0 Å². The van der Waals surface area contributed by atoms with Crippen LogP contribution in [0.25, 0.3) is 10.4 Å². The van der Waals surface area contributed by atoms with Gasteiger partial charge in [-0.1, -0.05) is 119 Å². The van der Waals surface area contributed by atoms with Gasteiger partial charge >= 0.3 is 0 Å². The zero-order valence-electron chi connectivity index (χ0n) is 28.3. The molecule has 44 heavy (non-hydrogen) atoms. The Morgan fingerprint density at radius 2 is 1.27 bits per heavy atom. The number of ether oxygens (including phenoxy) is 4. The number of unbranched alkanes of at least 4 members (excludes halogenated alkanes) is 11. The number of aliphatic hydroxyl groups is 2. The van der Waals surface area contributed by atoms with E-state index < -0.39 is 30.5 Å². The van der Waals surface area contributed by atoms with Gasteiger partial charge in [0, 0.05) is 4.91 Å². The summed E-state index contributed by atoms with van der Waals surface area (Å²) in [7, 11) is 0. The number of azide groups is 1. The minimum atomic E-state index is -0.949. The molecule has 0 aliphatic carbocycles. The van der Waals surface area contributed by atoms with Crippen molar-refractivity contribution < 1.29 is 29.2 Å². The minimum Gasteiger partial charge on any atom is -0.390 e. The van der Waals surface area contributed by atoms with Crippen molar-refractivity contribution in [2.75, 3.05) is 19.8 Å². The lowest BCUT2D eigenvalue weighted by atomic mass is 9.99. The molecule has 2 N–H and O–H groups in total. The molecular weight excluding hydrogens is 558 g/mol. The lowest BCUT2D eigenvalue weighted by molar-refractivity contribution is -0.128. The van der Waals surface area contributed by atoms with Crippen LogP contribution in [0.5, 0.6) is 0 Å². The molecule has 0 aromatic heterocycles. The highest BCUT2D eigenvalue weighted by Gasteiger charge is 2.30. The van der Waals surface area contributed by atoms with Gasteiger partial charge in [0.15, 0.2) is 0 Å². The van der Waals surface area contributed by atoms with Crippen molar-refractivity contribution in [1.29, 1.82) is 0 Å². The van der Waals surface area contributed by atoms with Crippen molar-refractivity contribution in [2.24, 2.45) is 5.11 Å². The van der Waals surface area contributed by atoms with Crippen molar-refractivity contribution >= 4 is 0 Å². The summed E-state index contributed by atoms with van der Waals surface area (Å²) in [5, 5.41) is 25.8. The zero-order chi connectivity index (χ0) is 32.4. The number of aliphatic hydroxyl groups excluding tert-OH is 2. The van der Waals surface area contributed by atoms with Crippen LogP contribution < -0.4 is 0 Å². The molecule has 1 aromatic carbocycles. The fourth-order valence-electron chi connectivity index (χ4n) is 5.25. The molecular formula is C35H63N3O6. The van der Waals surface area contributed by atoms with E-state index in [-0.39, 0.29) is 32.0 Å². The molecule has 9 heteroatoms. The molecule has 0 saturated heterocycles. The maximum absolute atomic E-state index is 11.1. The Hall–Kier alpha value is -1.71. The van der Waals surface area contributed by atoms with Gasteiger partial charge in [-0.25, -0.2) is 0 Å². The van der Waals surface area contributed by atoms with E-state index in [1.54, 1.807) is 0 Å². The van der Waals surface area contributed by atoms with Gasteiger partial charge in [-0.2, -0.15) is 0 Å². The molecule has 9 nitrogen and oxygen atoms in total. The van der Waals surface area contributed by atoms with Crippen molar-refractivity contribution in [3.63, 3.8) is 0 Å². The van der Waals surface area contributed by atoms with Crippen LogP contribution in [-0.4, -0.2) is 72.7 Å². The van der Waals surface area contributed by atoms with E-state index in [2.05, 4.69) is 16.9 Å². The summed E-state index contributed by atoms with van der Waals surface area (Å²) in [5.41, 5.74) is 10.3. The Morgan fingerprint density at radius 3 is 1.82 bits per heavy atom. The highest BCUT2D eigenvalue weighted by molar-refractivity contribution is 5.13. The first kappa shape index (κ1) is 40.3. The second kappa shape index (κ2) is 26.5. The number of hydrogen-bond acceptors (Lipinski definition) is 7. The standard InChI is InChI=1S/C35H63N3O6/c1-6-7-8-9-10-11-12-13-14-15-16-20-23-32(39)35(44-29(4)5)31(37-38-36)25-42-26-33(40)34(43-28(2)3)27-41-24-30-21-18-17-19-22-30/h17-19,21-22,28-29,31-35,39-40H,6-16,20,23-27H2,1-5H3/t31-,32-,33-,34-,35-/m0/s1. The number of rotatable bonds is 29. The Labute approximate surface area is 267 Å². The third-order valence-corrected chi connectivity index (χ3v) is 7.59. The maximum Gasteiger partial charge on any atom is 0.109 e. The molecule has 0 amide bonds. The molecule has 0 spiro atoms. The second-order valence-electron chi connectivity index (χ2n) is 12.5. The van der Waals surface area contributed by atoms with E-state index in [0.717, 1.165) is 24.8 Å². The molecule has 0 saturated carbocycles. The van der Waals surface area contributed by atoms with Crippen LogP contribution in [0.2, 0.25) is 0 Å². The van der Waals surface area contributed by atoms with Crippen molar-refractivity contribution in [1.82, 2.24) is 0 Å². The van der Waals surface area contributed by atoms with Crippen LogP contribution in [0.15, 0.2) is 35.4 Å². The van der Waals surface area contributed by atoms with Crippen molar-refractivity contribution in [3.05, 3.63) is 46.3 Å². The van der Waals surface area contributed by atoms with Crippen LogP contribution in [0.3, 0.4) is 0 Å². The van der Waals surface area contributed by atoms with E-state index in [4.69, 9.17) is 18.9 Å². The third-order valence-electron chi connectivity index (χ3n) is 7.59. The lowest BCUT2D eigenvalue weighted by Gasteiger charge is -2.31. The maximum atomic E-state index is 11.1. The SMILES string of the molecule is CCCCCCCCCCCCCC[C@H](O)[C@@H](OC(C)C)[C@H](COC[C@H](O)[C@H](COCc1ccccc1)OC(C)C)N=[N+]=[N-]. The van der Waals surface area contributed by atoms with Gasteiger partial charge in [-0.05, 0) is 45.2 Å². The number of nitrogens with zero attached hydrogens (tertiary/aromatic N) is 3. The van der Waals surface area contributed by atoms with Gasteiger partial charge < -0.3 is 29.2 Å². The predicted octanol–water partition coefficient (Wildman–Crippen LogP) is 8.30. The summed E-state index contributed by atoms with van der Waals surface area (Å²) in [4.78, 5) is 3.00. The van der Waals surface area contributed by atoms with Crippen LogP contribution >= 0.6 is 0 Å². The van der Waals surface area contributed by atoms with Crippen LogP contribution in [0.4, 0.5) is 0 Å². The Bertz CT molecular complexity index is 837. The number of benzene rings is 1. The molecule has 0 heterocycles. The molecule has 0 unspecified atom stereocenters. The number of hydrogen-bond donors (Lipinski definition) is 2. The Kier molecular flexibility index (Phi) is 24.3. The van der Waals surface area contributed by atoms with Crippen LogP contribution in [0.1, 0.15) is 124 Å². The van der Waals surface area contributed by atoms with Gasteiger partial charge in [0.05, 0.1) is 56.9 Å². The fraction of sp³-hybridized carbons (Fsp3) is 0.829. The minimum absolute atomic E-state index is 0.00722. The fourth-order valence-corrected chi connectivity index (χ4v) is 5.25. The smallest absolute Gasteiger partial charge is 0.109 e. The van der Waals surface area contributed by atoms with E-state index in [1.807, 2.05) is 58.0 Å². The Morgan fingerprint density at radius 1 is 0.705 bits per heavy atom. The van der Waals surface area contributed by atoms with Gasteiger partial charge in [0.2, 0.25) is 0 Å². The highest BCUT2D eigenvalue weighted by Crippen LogP contribution is 2.19. The average molecular weight is 622 g/mol. The van der Waals surface area contributed by atoms with E-state index in [1.165, 1.54) is 57.8 Å². The van der Waals surface area contributed by atoms with Crippen LogP contribution in [-0.2, 0) is 25.6 Å². The van der Waals surface area contributed by atoms with Gasteiger partial charge in [0.1, 0.15) is 12.2 Å². The predicted molar refractivity (Wildman–Crippen MR) is 178 cm³/mol. The molecule has 0 radical (unpaired) electrons. The monoisotopic (exact) mass is 621 g/mol. The first-order valence-corrected chi connectivity index (χ1v) is 17.2. The second-order valence-corrected chi connectivity index (χ2v) is 12.5. The molecule has 254 valence electrons. The molecule has 0 bridgehead atoms. The normalized spacial score (nSPS) is 15.2. The van der Waals surface area contributed by atoms with Gasteiger partial charge in [0.25, 0.3) is 0 Å². The van der Waals surface area contributed by atoms with E-state index in [9.17, 15) is 15.7 Å². The van der Waals surface area contributed by atoms with Crippen molar-refractivity contribution in [3.8, 4) is 0 Å². The summed E-state index contributed by atoms with van der Waals surface area (Å²) < 4.78 is 23.6. The van der Waals surface area contributed by atoms with Gasteiger partial charge in [-0.15, -0.1) is 0 Å². The largest absolute Gasteiger partial charge is 0.390 e. The first-order valence-electron chi connectivity index (χ1n) is 17.2. The summed E-state index contributed by atoms with van der Waals surface area (Å²) >= 11 is 0. The third kappa shape index (κ3) is 20.3. The highest BCUT2D eigenvalue weighted by atomic mass is 16.6. The topological polar surface area (TPSA) is 126 Å². The van der Waals surface area contributed by atoms with Crippen LogP contribution in [0, 0.1) is 0 Å². The quantitative estimate of drug-likeness (QED) is 0.0401. The average Bonchev–Trinajstić information content (AvgIpc) is 2.99. The summed E-state index contributed by atoms with van der Waals surface area (Å²) in [5.74, 6) is 0. The zero-order valence-corrected chi connectivity index (χ0v) is 28.3. The molecule has 0 fully saturated rings. The molecule has 0 aliphatic heterocycles. The first-order chi connectivity index (χ1) is 21.3. The summed E-state index contributed by atoms with van der Waals surface area (Å²) in [6.45, 7) is 10.4. The lowest BCUT2D eigenvalue weighted by Crippen LogP contribution is -2.44. The van der Waals surface area contributed by atoms with Crippen molar-refractivity contribution in [2.45, 2.75) is 167 Å². The van der Waals surface area contributed by atoms with E-state index >= 15 is 0 Å². The summed E-state index contributed by atoms with van der Waals surface area (Å²) in [6, 6.07) is 9.09. The van der Waals surface area contributed by atoms with E-state index in [0.29, 0.717) is 13.0 Å². The molecule has 5 atom stereocenters. The Balaban J connectivity index is 2.50. The molecule has 1 rings (SSSR count).